The van der Waals surface area contributed by atoms with E-state index >= 15 is 0 Å². The molecule has 0 radical (unpaired) electrons. The number of carbonyl (C=O) groups excluding carboxylic acids is 1. The molecule has 4 rings (SSSR count). The van der Waals surface area contributed by atoms with E-state index in [9.17, 15) is 4.79 Å². The molecule has 0 unspecified atom stereocenters. The minimum absolute atomic E-state index is 0.0509. The van der Waals surface area contributed by atoms with Crippen LogP contribution in [-0.4, -0.2) is 37.9 Å². The number of anilines is 1. The van der Waals surface area contributed by atoms with E-state index in [4.69, 9.17) is 0 Å². The van der Waals surface area contributed by atoms with Crippen LogP contribution in [-0.2, 0) is 11.8 Å². The first-order chi connectivity index (χ1) is 11.7. The van der Waals surface area contributed by atoms with Gasteiger partial charge in [-0.3, -0.25) is 4.79 Å². The molecular formula is C18H23N5O. The maximum Gasteiger partial charge on any atom is 0.223 e. The zero-order valence-corrected chi connectivity index (χ0v) is 13.9. The Morgan fingerprint density at radius 3 is 2.75 bits per heavy atom. The predicted molar refractivity (Wildman–Crippen MR) is 91.3 cm³/mol. The van der Waals surface area contributed by atoms with Gasteiger partial charge in [0.2, 0.25) is 5.91 Å². The summed E-state index contributed by atoms with van der Waals surface area (Å²) in [5.41, 5.74) is 0. The Kier molecular flexibility index (Phi) is 3.96. The standard InChI is InChI=1S/C18H23N5O/c1-22-11-10-20-18(22)17-13(12-21-15-4-2-3-9-19-15)5-8-16(24)23(17)14-6-7-14/h2-4,9-11,13-14,17H,5-8,12H2,1H3,(H,19,21)/t13-,17+/m1/s1. The van der Waals surface area contributed by atoms with Crippen molar-refractivity contribution in [3.8, 4) is 0 Å². The van der Waals surface area contributed by atoms with Gasteiger partial charge in [-0.2, -0.15) is 0 Å². The second kappa shape index (κ2) is 6.26. The Bertz CT molecular complexity index is 709. The fourth-order valence-electron chi connectivity index (χ4n) is 3.68. The Labute approximate surface area is 141 Å². The highest BCUT2D eigenvalue weighted by Crippen LogP contribution is 2.42. The molecule has 0 aromatic carbocycles. The number of pyridine rings is 1. The number of rotatable bonds is 5. The maximum absolute atomic E-state index is 12.6. The highest BCUT2D eigenvalue weighted by molar-refractivity contribution is 5.78. The summed E-state index contributed by atoms with van der Waals surface area (Å²) < 4.78 is 2.05. The first-order valence-corrected chi connectivity index (χ1v) is 8.67. The van der Waals surface area contributed by atoms with Crippen molar-refractivity contribution in [3.05, 3.63) is 42.6 Å². The summed E-state index contributed by atoms with van der Waals surface area (Å²) in [6.45, 7) is 0.797. The molecule has 1 aliphatic carbocycles. The zero-order valence-electron chi connectivity index (χ0n) is 13.9. The molecule has 24 heavy (non-hydrogen) atoms. The van der Waals surface area contributed by atoms with Crippen LogP contribution in [0.1, 0.15) is 37.5 Å². The maximum atomic E-state index is 12.6. The van der Waals surface area contributed by atoms with Crippen LogP contribution < -0.4 is 5.32 Å². The molecule has 1 saturated carbocycles. The van der Waals surface area contributed by atoms with Gasteiger partial charge >= 0.3 is 0 Å². The second-order valence-electron chi connectivity index (χ2n) is 6.77. The SMILES string of the molecule is Cn1ccnc1[C@@H]1[C@@H](CNc2ccccn2)CCC(=O)N1C1CC1. The van der Waals surface area contributed by atoms with Crippen molar-refractivity contribution in [2.75, 3.05) is 11.9 Å². The van der Waals surface area contributed by atoms with Crippen LogP contribution in [0.3, 0.4) is 0 Å². The van der Waals surface area contributed by atoms with Gasteiger partial charge in [0, 0.05) is 50.6 Å². The lowest BCUT2D eigenvalue weighted by atomic mass is 9.87. The normalized spacial score (nSPS) is 24.2. The van der Waals surface area contributed by atoms with E-state index < -0.39 is 0 Å². The van der Waals surface area contributed by atoms with Gasteiger partial charge in [-0.1, -0.05) is 6.07 Å². The molecular weight excluding hydrogens is 302 g/mol. The van der Waals surface area contributed by atoms with Crippen molar-refractivity contribution in [2.45, 2.75) is 37.8 Å². The predicted octanol–water partition coefficient (Wildman–Crippen LogP) is 2.37. The number of imidazole rings is 1. The lowest BCUT2D eigenvalue weighted by molar-refractivity contribution is -0.140. The van der Waals surface area contributed by atoms with Gasteiger partial charge in [0.15, 0.2) is 0 Å². The number of piperidine rings is 1. The molecule has 2 atom stereocenters. The topological polar surface area (TPSA) is 63.1 Å². The van der Waals surface area contributed by atoms with Crippen LogP contribution in [0.5, 0.6) is 0 Å². The lowest BCUT2D eigenvalue weighted by Gasteiger charge is -2.41. The average Bonchev–Trinajstić information content (AvgIpc) is 3.35. The zero-order chi connectivity index (χ0) is 16.5. The number of nitrogens with one attached hydrogen (secondary N) is 1. The van der Waals surface area contributed by atoms with Crippen molar-refractivity contribution in [2.24, 2.45) is 13.0 Å². The Balaban J connectivity index is 1.59. The van der Waals surface area contributed by atoms with Gasteiger partial charge in [-0.25, -0.2) is 9.97 Å². The van der Waals surface area contributed by atoms with Crippen molar-refractivity contribution >= 4 is 11.7 Å². The third kappa shape index (κ3) is 2.88. The van der Waals surface area contributed by atoms with Crippen LogP contribution in [0.4, 0.5) is 5.82 Å². The van der Waals surface area contributed by atoms with Crippen LogP contribution >= 0.6 is 0 Å². The largest absolute Gasteiger partial charge is 0.370 e. The first kappa shape index (κ1) is 15.2. The third-order valence-electron chi connectivity index (χ3n) is 5.04. The quantitative estimate of drug-likeness (QED) is 0.917. The van der Waals surface area contributed by atoms with Crippen LogP contribution in [0.15, 0.2) is 36.8 Å². The average molecular weight is 325 g/mol. The molecule has 3 heterocycles. The number of amides is 1. The highest BCUT2D eigenvalue weighted by Gasteiger charge is 2.45. The molecule has 0 spiro atoms. The van der Waals surface area contributed by atoms with Crippen LogP contribution in [0.25, 0.3) is 0 Å². The number of nitrogens with zero attached hydrogens (tertiary/aromatic N) is 4. The smallest absolute Gasteiger partial charge is 0.223 e. The minimum Gasteiger partial charge on any atom is -0.370 e. The number of hydrogen-bond acceptors (Lipinski definition) is 4. The molecule has 2 aliphatic rings. The summed E-state index contributed by atoms with van der Waals surface area (Å²) in [7, 11) is 2.01. The van der Waals surface area contributed by atoms with E-state index in [1.165, 1.54) is 0 Å². The summed E-state index contributed by atoms with van der Waals surface area (Å²) >= 11 is 0. The number of hydrogen-bond donors (Lipinski definition) is 1. The molecule has 6 nitrogen and oxygen atoms in total. The van der Waals surface area contributed by atoms with Crippen molar-refractivity contribution in [1.82, 2.24) is 19.4 Å². The van der Waals surface area contributed by atoms with Gasteiger partial charge in [-0.15, -0.1) is 0 Å². The molecule has 1 N–H and O–H groups in total. The molecule has 2 fully saturated rings. The van der Waals surface area contributed by atoms with Crippen molar-refractivity contribution in [1.29, 1.82) is 0 Å². The summed E-state index contributed by atoms with van der Waals surface area (Å²) in [5, 5.41) is 3.43. The molecule has 6 heteroatoms. The third-order valence-corrected chi connectivity index (χ3v) is 5.04. The summed E-state index contributed by atoms with van der Waals surface area (Å²) in [6, 6.07) is 6.32. The summed E-state index contributed by atoms with van der Waals surface area (Å²) in [5.74, 6) is 2.49. The van der Waals surface area contributed by atoms with Gasteiger partial charge < -0.3 is 14.8 Å². The summed E-state index contributed by atoms with van der Waals surface area (Å²) in [4.78, 5) is 23.6. The molecule has 1 saturated heterocycles. The second-order valence-corrected chi connectivity index (χ2v) is 6.77. The van der Waals surface area contributed by atoms with E-state index in [1.807, 2.05) is 42.2 Å². The lowest BCUT2D eigenvalue weighted by Crippen LogP contribution is -2.46. The van der Waals surface area contributed by atoms with Gasteiger partial charge in [0.25, 0.3) is 0 Å². The fourth-order valence-corrected chi connectivity index (χ4v) is 3.68. The monoisotopic (exact) mass is 325 g/mol. The van der Waals surface area contributed by atoms with E-state index in [-0.39, 0.29) is 11.9 Å². The Morgan fingerprint density at radius 1 is 1.21 bits per heavy atom. The van der Waals surface area contributed by atoms with Gasteiger partial charge in [0.1, 0.15) is 11.6 Å². The minimum atomic E-state index is 0.0509. The fraction of sp³-hybridized carbons (Fsp3) is 0.500. The van der Waals surface area contributed by atoms with E-state index in [0.29, 0.717) is 18.4 Å². The number of carbonyl (C=O) groups is 1. The van der Waals surface area contributed by atoms with E-state index in [0.717, 1.165) is 37.4 Å². The Morgan fingerprint density at radius 2 is 2.08 bits per heavy atom. The highest BCUT2D eigenvalue weighted by atomic mass is 16.2. The van der Waals surface area contributed by atoms with Crippen LogP contribution in [0.2, 0.25) is 0 Å². The first-order valence-electron chi connectivity index (χ1n) is 8.67. The molecule has 2 aromatic heterocycles. The molecule has 126 valence electrons. The number of aromatic nitrogens is 3. The molecule has 1 aliphatic heterocycles. The van der Waals surface area contributed by atoms with Gasteiger partial charge in [-0.05, 0) is 31.4 Å². The number of likely N-dealkylation sites (tertiary alicyclic amines) is 1. The summed E-state index contributed by atoms with van der Waals surface area (Å²) in [6.07, 6.45) is 9.33. The van der Waals surface area contributed by atoms with E-state index in [2.05, 4.69) is 20.2 Å². The molecule has 0 bridgehead atoms. The Hall–Kier alpha value is -2.37. The van der Waals surface area contributed by atoms with Gasteiger partial charge in [0.05, 0.1) is 6.04 Å². The molecule has 2 aromatic rings. The number of aryl methyl sites for hydroxylation is 1. The van der Waals surface area contributed by atoms with Crippen molar-refractivity contribution < 1.29 is 4.79 Å². The molecule has 1 amide bonds. The van der Waals surface area contributed by atoms with Crippen molar-refractivity contribution in [3.63, 3.8) is 0 Å². The van der Waals surface area contributed by atoms with E-state index in [1.54, 1.807) is 6.20 Å². The van der Waals surface area contributed by atoms with Crippen LogP contribution in [0, 0.1) is 5.92 Å².